The first kappa shape index (κ1) is 24.7. The van der Waals surface area contributed by atoms with Crippen LogP contribution in [0.15, 0.2) is 23.1 Å². The number of hydrogen-bond donors (Lipinski definition) is 2. The number of alkyl halides is 6. The zero-order valence-corrected chi connectivity index (χ0v) is 15.5. The van der Waals surface area contributed by atoms with Gasteiger partial charge < -0.3 is 9.84 Å². The molecule has 13 heteroatoms. The highest BCUT2D eigenvalue weighted by Gasteiger charge is 2.44. The smallest absolute Gasteiger partial charge is 0.416 e. The molecule has 0 fully saturated rings. The Hall–Kier alpha value is -2.30. The summed E-state index contributed by atoms with van der Waals surface area (Å²) in [4.78, 5) is 10.2. The number of rotatable bonds is 6. The minimum absolute atomic E-state index is 0.113. The molecule has 0 aromatic heterocycles. The average Bonchev–Trinajstić information content (AvgIpc) is 2.57. The van der Waals surface area contributed by atoms with Crippen LogP contribution in [-0.2, 0) is 25.7 Å². The maximum atomic E-state index is 13.2. The lowest BCUT2D eigenvalue weighted by Crippen LogP contribution is -2.47. The maximum absolute atomic E-state index is 13.2. The van der Waals surface area contributed by atoms with Crippen LogP contribution in [0.4, 0.5) is 26.3 Å². The largest absolute Gasteiger partial charge is 0.466 e. The lowest BCUT2D eigenvalue weighted by atomic mass is 10.1. The van der Waals surface area contributed by atoms with E-state index in [0.29, 0.717) is 12.1 Å². The summed E-state index contributed by atoms with van der Waals surface area (Å²) in [5.41, 5.74) is -2.02. The molecule has 1 aromatic carbocycles. The number of esters is 1. The van der Waals surface area contributed by atoms with Crippen LogP contribution in [0.25, 0.3) is 0 Å². The topological polar surface area (TPSA) is 92.7 Å². The molecule has 0 spiro atoms. The quantitative estimate of drug-likeness (QED) is 0.396. The van der Waals surface area contributed by atoms with Crippen molar-refractivity contribution in [3.63, 3.8) is 0 Å². The highest BCUT2D eigenvalue weighted by molar-refractivity contribution is 7.89. The number of benzene rings is 1. The molecule has 0 aliphatic carbocycles. The molecule has 1 rings (SSSR count). The molecule has 0 aliphatic heterocycles. The summed E-state index contributed by atoms with van der Waals surface area (Å²) in [5.74, 6) is 2.71. The molecule has 2 N–H and O–H groups in total. The van der Waals surface area contributed by atoms with Crippen molar-refractivity contribution in [3.05, 3.63) is 29.3 Å². The van der Waals surface area contributed by atoms with Gasteiger partial charge in [0.2, 0.25) is 10.0 Å². The fraction of sp³-hybridized carbons (Fsp3) is 0.438. The van der Waals surface area contributed by atoms with Gasteiger partial charge in [0.25, 0.3) is 0 Å². The fourth-order valence-corrected chi connectivity index (χ4v) is 3.43. The second kappa shape index (κ2) is 9.47. The predicted molar refractivity (Wildman–Crippen MR) is 86.8 cm³/mol. The number of aliphatic hydroxyl groups is 1. The summed E-state index contributed by atoms with van der Waals surface area (Å²) < 4.78 is 109. The van der Waals surface area contributed by atoms with Gasteiger partial charge in [0.15, 0.2) is 0 Å². The first-order valence-corrected chi connectivity index (χ1v) is 9.26. The van der Waals surface area contributed by atoms with Crippen molar-refractivity contribution in [2.45, 2.75) is 36.6 Å². The van der Waals surface area contributed by atoms with E-state index in [2.05, 4.69) is 10.7 Å². The number of nitrogens with one attached hydrogen (secondary N) is 1. The number of carbonyl (C=O) groups excluding carboxylic acids is 1. The molecule has 0 amide bonds. The van der Waals surface area contributed by atoms with E-state index >= 15 is 0 Å². The third-order valence-corrected chi connectivity index (χ3v) is 4.78. The third kappa shape index (κ3) is 7.22. The van der Waals surface area contributed by atoms with Crippen LogP contribution in [0, 0.1) is 11.8 Å². The predicted octanol–water partition coefficient (Wildman–Crippen LogP) is 2.21. The van der Waals surface area contributed by atoms with E-state index < -0.39 is 63.4 Å². The average molecular weight is 447 g/mol. The van der Waals surface area contributed by atoms with Crippen molar-refractivity contribution in [1.82, 2.24) is 4.72 Å². The molecule has 1 aromatic rings. The Kier molecular flexibility index (Phi) is 8.07. The van der Waals surface area contributed by atoms with Gasteiger partial charge in [-0.3, -0.25) is 4.79 Å². The van der Waals surface area contributed by atoms with Gasteiger partial charge in [-0.15, -0.1) is 0 Å². The molecule has 0 radical (unpaired) electrons. The summed E-state index contributed by atoms with van der Waals surface area (Å²) in [6, 6.07) is -1.70. The molecule has 0 heterocycles. The summed E-state index contributed by atoms with van der Waals surface area (Å²) in [6.07, 6.45) is -11.6. The Morgan fingerprint density at radius 3 is 2.34 bits per heavy atom. The third-order valence-electron chi connectivity index (χ3n) is 3.27. The molecule has 0 unspecified atom stereocenters. The lowest BCUT2D eigenvalue weighted by molar-refractivity contribution is -0.166. The van der Waals surface area contributed by atoms with E-state index in [1.807, 2.05) is 5.92 Å². The molecule has 0 saturated heterocycles. The van der Waals surface area contributed by atoms with E-state index in [0.717, 1.165) is 0 Å². The van der Waals surface area contributed by atoms with Crippen molar-refractivity contribution in [3.8, 4) is 11.8 Å². The van der Waals surface area contributed by atoms with Gasteiger partial charge in [-0.2, -0.15) is 31.1 Å². The number of hydrogen-bond acceptors (Lipinski definition) is 5. The minimum atomic E-state index is -5.24. The molecule has 162 valence electrons. The Bertz CT molecular complexity index is 899. The number of ether oxygens (including phenoxy) is 1. The van der Waals surface area contributed by atoms with Crippen LogP contribution < -0.4 is 4.72 Å². The number of halogens is 6. The monoisotopic (exact) mass is 447 g/mol. The van der Waals surface area contributed by atoms with E-state index in [-0.39, 0.29) is 12.7 Å². The number of sulfonamides is 1. The van der Waals surface area contributed by atoms with Crippen LogP contribution in [-0.4, -0.2) is 44.9 Å². The van der Waals surface area contributed by atoms with Crippen molar-refractivity contribution in [1.29, 1.82) is 0 Å². The normalized spacial score (nSPS) is 13.4. The standard InChI is InChI=1S/C16H15F6NO5S/c1-2-28-14(25)9-13(16(20,21)22)23-29(26,27)12-8-11(15(17,18)19)6-5-10(12)4-3-7-24/h5-6,8,13,23-24H,2,7,9H2,1H3/t13-/m1/s1. The second-order valence-electron chi connectivity index (χ2n) is 5.39. The van der Waals surface area contributed by atoms with E-state index in [1.165, 1.54) is 11.6 Å². The van der Waals surface area contributed by atoms with E-state index in [9.17, 15) is 39.6 Å². The Balaban J connectivity index is 3.45. The van der Waals surface area contributed by atoms with Crippen molar-refractivity contribution >= 4 is 16.0 Å². The lowest BCUT2D eigenvalue weighted by Gasteiger charge is -2.21. The van der Waals surface area contributed by atoms with Gasteiger partial charge in [-0.1, -0.05) is 11.8 Å². The summed E-state index contributed by atoms with van der Waals surface area (Å²) in [6.45, 7) is 0.284. The summed E-state index contributed by atoms with van der Waals surface area (Å²) in [7, 11) is -5.21. The van der Waals surface area contributed by atoms with Gasteiger partial charge in [-0.05, 0) is 25.1 Å². The SMILES string of the molecule is CCOC(=O)C[C@@H](NS(=O)(=O)c1cc(C(F)(F)F)ccc1C#CCO)C(F)(F)F. The molecule has 6 nitrogen and oxygen atoms in total. The summed E-state index contributed by atoms with van der Waals surface area (Å²) >= 11 is 0. The van der Waals surface area contributed by atoms with Crippen LogP contribution in [0.2, 0.25) is 0 Å². The van der Waals surface area contributed by atoms with Crippen LogP contribution >= 0.6 is 0 Å². The maximum Gasteiger partial charge on any atom is 0.416 e. The fourth-order valence-electron chi connectivity index (χ4n) is 2.02. The molecular formula is C16H15F6NO5S. The van der Waals surface area contributed by atoms with Crippen LogP contribution in [0.3, 0.4) is 0 Å². The first-order valence-electron chi connectivity index (χ1n) is 7.78. The van der Waals surface area contributed by atoms with Crippen LogP contribution in [0.5, 0.6) is 0 Å². The van der Waals surface area contributed by atoms with Gasteiger partial charge >= 0.3 is 18.3 Å². The molecule has 0 aliphatic rings. The van der Waals surface area contributed by atoms with E-state index in [4.69, 9.17) is 5.11 Å². The number of aliphatic hydroxyl groups excluding tert-OH is 1. The molecule has 0 bridgehead atoms. The first-order chi connectivity index (χ1) is 13.2. The highest BCUT2D eigenvalue weighted by atomic mass is 32.2. The zero-order chi connectivity index (χ0) is 22.5. The van der Waals surface area contributed by atoms with Crippen molar-refractivity contribution < 1.29 is 49.4 Å². The van der Waals surface area contributed by atoms with Gasteiger partial charge in [0.1, 0.15) is 12.6 Å². The van der Waals surface area contributed by atoms with Crippen LogP contribution in [0.1, 0.15) is 24.5 Å². The van der Waals surface area contributed by atoms with Gasteiger partial charge in [0.05, 0.1) is 23.5 Å². The van der Waals surface area contributed by atoms with E-state index in [1.54, 1.807) is 0 Å². The van der Waals surface area contributed by atoms with Crippen molar-refractivity contribution in [2.75, 3.05) is 13.2 Å². The Labute approximate surface area is 161 Å². The highest BCUT2D eigenvalue weighted by Crippen LogP contribution is 2.32. The molecule has 0 saturated carbocycles. The second-order valence-corrected chi connectivity index (χ2v) is 7.08. The zero-order valence-electron chi connectivity index (χ0n) is 14.7. The minimum Gasteiger partial charge on any atom is -0.466 e. The Morgan fingerprint density at radius 1 is 1.24 bits per heavy atom. The van der Waals surface area contributed by atoms with Gasteiger partial charge in [0, 0.05) is 5.56 Å². The van der Waals surface area contributed by atoms with Gasteiger partial charge in [-0.25, -0.2) is 8.42 Å². The number of carbonyl (C=O) groups is 1. The summed E-state index contributed by atoms with van der Waals surface area (Å²) in [5, 5.41) is 8.69. The molecule has 29 heavy (non-hydrogen) atoms. The Morgan fingerprint density at radius 2 is 1.86 bits per heavy atom. The molecular weight excluding hydrogens is 432 g/mol. The molecule has 1 atom stereocenters. The van der Waals surface area contributed by atoms with Crippen molar-refractivity contribution in [2.24, 2.45) is 0 Å².